The maximum absolute atomic E-state index is 11.7. The van der Waals surface area contributed by atoms with Crippen LogP contribution in [0.1, 0.15) is 32.1 Å². The number of piperidine rings is 1. The fourth-order valence-electron chi connectivity index (χ4n) is 2.12. The Hall–Kier alpha value is -0.610. The topological polar surface area (TPSA) is 66.6 Å². The molecule has 1 amide bonds. The summed E-state index contributed by atoms with van der Waals surface area (Å²) in [5.41, 5.74) is 5.38. The molecule has 1 aliphatic rings. The normalized spacial score (nSPS) is 21.7. The molecule has 1 saturated heterocycles. The first-order valence-corrected chi connectivity index (χ1v) is 5.86. The monoisotopic (exact) mass is 214 g/mol. The van der Waals surface area contributed by atoms with E-state index in [1.54, 1.807) is 0 Å². The zero-order valence-corrected chi connectivity index (χ0v) is 9.32. The van der Waals surface area contributed by atoms with E-state index < -0.39 is 0 Å². The SMILES string of the molecule is NCCCC(=O)N1CCCC(CCO)C1. The summed E-state index contributed by atoms with van der Waals surface area (Å²) in [6.07, 6.45) is 4.38. The molecule has 15 heavy (non-hydrogen) atoms. The van der Waals surface area contributed by atoms with Gasteiger partial charge < -0.3 is 15.7 Å². The molecule has 1 atom stereocenters. The van der Waals surface area contributed by atoms with Gasteiger partial charge in [0.2, 0.25) is 5.91 Å². The van der Waals surface area contributed by atoms with Crippen LogP contribution in [0, 0.1) is 5.92 Å². The number of amides is 1. The van der Waals surface area contributed by atoms with Crippen molar-refractivity contribution < 1.29 is 9.90 Å². The summed E-state index contributed by atoms with van der Waals surface area (Å²) in [5.74, 6) is 0.716. The number of carbonyl (C=O) groups excluding carboxylic acids is 1. The van der Waals surface area contributed by atoms with Crippen molar-refractivity contribution in [2.45, 2.75) is 32.1 Å². The Bertz CT molecular complexity index is 195. The first kappa shape index (κ1) is 12.5. The molecule has 0 saturated carbocycles. The molecule has 1 heterocycles. The standard InChI is InChI=1S/C11H22N2O2/c12-6-1-4-11(15)13-7-2-3-10(9-13)5-8-14/h10,14H,1-9,12H2. The summed E-state index contributed by atoms with van der Waals surface area (Å²) in [6.45, 7) is 2.52. The van der Waals surface area contributed by atoms with Crippen molar-refractivity contribution >= 4 is 5.91 Å². The Morgan fingerprint density at radius 1 is 1.53 bits per heavy atom. The van der Waals surface area contributed by atoms with E-state index in [4.69, 9.17) is 10.8 Å². The van der Waals surface area contributed by atoms with Crippen molar-refractivity contribution in [2.24, 2.45) is 11.7 Å². The third kappa shape index (κ3) is 4.18. The number of hydrogen-bond acceptors (Lipinski definition) is 3. The van der Waals surface area contributed by atoms with E-state index >= 15 is 0 Å². The maximum atomic E-state index is 11.7. The first-order chi connectivity index (χ1) is 7.27. The van der Waals surface area contributed by atoms with E-state index in [9.17, 15) is 4.79 Å². The Balaban J connectivity index is 2.31. The fourth-order valence-corrected chi connectivity index (χ4v) is 2.12. The molecule has 0 radical (unpaired) electrons. The number of aliphatic hydroxyl groups excluding tert-OH is 1. The van der Waals surface area contributed by atoms with Gasteiger partial charge in [-0.15, -0.1) is 0 Å². The molecule has 3 N–H and O–H groups in total. The summed E-state index contributed by atoms with van der Waals surface area (Å²) in [4.78, 5) is 13.6. The quantitative estimate of drug-likeness (QED) is 0.694. The molecule has 0 aromatic carbocycles. The van der Waals surface area contributed by atoms with Crippen molar-refractivity contribution in [1.82, 2.24) is 4.90 Å². The largest absolute Gasteiger partial charge is 0.396 e. The molecule has 1 fully saturated rings. The van der Waals surface area contributed by atoms with Crippen LogP contribution < -0.4 is 5.73 Å². The molecule has 4 nitrogen and oxygen atoms in total. The minimum atomic E-state index is 0.225. The summed E-state index contributed by atoms with van der Waals surface area (Å²) >= 11 is 0. The molecule has 0 aromatic rings. The van der Waals surface area contributed by atoms with Crippen LogP contribution >= 0.6 is 0 Å². The van der Waals surface area contributed by atoms with Crippen LogP contribution in [0.4, 0.5) is 0 Å². The third-order valence-electron chi connectivity index (χ3n) is 3.00. The van der Waals surface area contributed by atoms with Gasteiger partial charge in [-0.25, -0.2) is 0 Å². The number of nitrogens with zero attached hydrogens (tertiary/aromatic N) is 1. The molecular formula is C11H22N2O2. The Morgan fingerprint density at radius 2 is 2.33 bits per heavy atom. The second-order valence-corrected chi connectivity index (χ2v) is 4.25. The molecule has 1 aliphatic heterocycles. The predicted molar refractivity (Wildman–Crippen MR) is 59.3 cm³/mol. The molecule has 4 heteroatoms. The van der Waals surface area contributed by atoms with E-state index in [0.717, 1.165) is 38.8 Å². The average Bonchev–Trinajstić information content (AvgIpc) is 2.27. The lowest BCUT2D eigenvalue weighted by molar-refractivity contribution is -0.133. The third-order valence-corrected chi connectivity index (χ3v) is 3.00. The van der Waals surface area contributed by atoms with Gasteiger partial charge >= 0.3 is 0 Å². The van der Waals surface area contributed by atoms with E-state index in [0.29, 0.717) is 18.9 Å². The van der Waals surface area contributed by atoms with Crippen LogP contribution in [0.5, 0.6) is 0 Å². The van der Waals surface area contributed by atoms with E-state index in [1.807, 2.05) is 4.90 Å². The minimum Gasteiger partial charge on any atom is -0.396 e. The fraction of sp³-hybridized carbons (Fsp3) is 0.909. The summed E-state index contributed by atoms with van der Waals surface area (Å²) in [7, 11) is 0. The van der Waals surface area contributed by atoms with Gasteiger partial charge in [0, 0.05) is 26.1 Å². The zero-order chi connectivity index (χ0) is 11.1. The highest BCUT2D eigenvalue weighted by Crippen LogP contribution is 2.19. The number of rotatable bonds is 5. The lowest BCUT2D eigenvalue weighted by Crippen LogP contribution is -2.40. The highest BCUT2D eigenvalue weighted by atomic mass is 16.3. The smallest absolute Gasteiger partial charge is 0.222 e. The van der Waals surface area contributed by atoms with E-state index in [1.165, 1.54) is 0 Å². The van der Waals surface area contributed by atoms with Gasteiger partial charge in [-0.3, -0.25) is 4.79 Å². The zero-order valence-electron chi connectivity index (χ0n) is 9.32. The van der Waals surface area contributed by atoms with Crippen LogP contribution in [-0.2, 0) is 4.79 Å². The van der Waals surface area contributed by atoms with Gasteiger partial charge in [0.05, 0.1) is 0 Å². The van der Waals surface area contributed by atoms with Crippen molar-refractivity contribution in [3.8, 4) is 0 Å². The number of nitrogens with two attached hydrogens (primary N) is 1. The molecule has 0 bridgehead atoms. The van der Waals surface area contributed by atoms with Gasteiger partial charge in [-0.1, -0.05) is 0 Å². The van der Waals surface area contributed by atoms with Crippen LogP contribution in [0.2, 0.25) is 0 Å². The average molecular weight is 214 g/mol. The van der Waals surface area contributed by atoms with Gasteiger partial charge in [-0.05, 0) is 38.1 Å². The Morgan fingerprint density at radius 3 is 3.00 bits per heavy atom. The molecule has 1 rings (SSSR count). The number of hydrogen-bond donors (Lipinski definition) is 2. The van der Waals surface area contributed by atoms with Gasteiger partial charge in [-0.2, -0.15) is 0 Å². The molecule has 0 aromatic heterocycles. The summed E-state index contributed by atoms with van der Waals surface area (Å²) in [5, 5.41) is 8.86. The maximum Gasteiger partial charge on any atom is 0.222 e. The van der Waals surface area contributed by atoms with Crippen molar-refractivity contribution in [2.75, 3.05) is 26.2 Å². The predicted octanol–water partition coefficient (Wildman–Crippen LogP) is 0.346. The van der Waals surface area contributed by atoms with Crippen LogP contribution in [0.15, 0.2) is 0 Å². The molecule has 1 unspecified atom stereocenters. The number of carbonyl (C=O) groups is 1. The first-order valence-electron chi connectivity index (χ1n) is 5.86. The van der Waals surface area contributed by atoms with Gasteiger partial charge in [0.15, 0.2) is 0 Å². The molecule has 88 valence electrons. The van der Waals surface area contributed by atoms with Crippen LogP contribution in [0.3, 0.4) is 0 Å². The van der Waals surface area contributed by atoms with Crippen molar-refractivity contribution in [3.05, 3.63) is 0 Å². The Labute approximate surface area is 91.4 Å². The molecule has 0 aliphatic carbocycles. The lowest BCUT2D eigenvalue weighted by Gasteiger charge is -2.32. The molecular weight excluding hydrogens is 192 g/mol. The highest BCUT2D eigenvalue weighted by Gasteiger charge is 2.22. The Kier molecular flexibility index (Phi) is 5.65. The van der Waals surface area contributed by atoms with Gasteiger partial charge in [0.1, 0.15) is 0 Å². The highest BCUT2D eigenvalue weighted by molar-refractivity contribution is 5.76. The van der Waals surface area contributed by atoms with Crippen LogP contribution in [-0.4, -0.2) is 42.2 Å². The van der Waals surface area contributed by atoms with Gasteiger partial charge in [0.25, 0.3) is 0 Å². The number of aliphatic hydroxyl groups is 1. The minimum absolute atomic E-state index is 0.225. The molecule has 0 spiro atoms. The van der Waals surface area contributed by atoms with E-state index in [-0.39, 0.29) is 12.5 Å². The number of likely N-dealkylation sites (tertiary alicyclic amines) is 1. The van der Waals surface area contributed by atoms with Crippen molar-refractivity contribution in [1.29, 1.82) is 0 Å². The summed E-state index contributed by atoms with van der Waals surface area (Å²) in [6, 6.07) is 0. The summed E-state index contributed by atoms with van der Waals surface area (Å²) < 4.78 is 0. The van der Waals surface area contributed by atoms with E-state index in [2.05, 4.69) is 0 Å². The lowest BCUT2D eigenvalue weighted by atomic mass is 9.95. The second-order valence-electron chi connectivity index (χ2n) is 4.25. The second kappa shape index (κ2) is 6.80. The van der Waals surface area contributed by atoms with Crippen LogP contribution in [0.25, 0.3) is 0 Å². The van der Waals surface area contributed by atoms with Crippen molar-refractivity contribution in [3.63, 3.8) is 0 Å².